The molecule has 0 atom stereocenters. The fraction of sp³-hybridized carbons (Fsp3) is 0.133. The number of hydrogen-bond donors (Lipinski definition) is 1. The minimum absolute atomic E-state index is 0.0953. The Morgan fingerprint density at radius 1 is 0.952 bits per heavy atom. The van der Waals surface area contributed by atoms with Crippen molar-refractivity contribution in [1.29, 1.82) is 0 Å². The van der Waals surface area contributed by atoms with Crippen LogP contribution in [0.5, 0.6) is 0 Å². The van der Waals surface area contributed by atoms with E-state index in [0.29, 0.717) is 0 Å². The van der Waals surface area contributed by atoms with Crippen LogP contribution in [-0.4, -0.2) is 20.4 Å². The maximum Gasteiger partial charge on any atom is 0.408 e. The molecule has 5 nitrogen and oxygen atoms in total. The average molecular weight is 305 g/mol. The van der Waals surface area contributed by atoms with Crippen molar-refractivity contribution in [3.63, 3.8) is 0 Å². The summed E-state index contributed by atoms with van der Waals surface area (Å²) in [5.41, 5.74) is 0.832. The second-order valence-electron chi connectivity index (χ2n) is 4.31. The molecule has 0 unspecified atom stereocenters. The molecule has 2 rings (SSSR count). The maximum absolute atomic E-state index is 11.9. The number of alkyl carbamates (subject to hydrolysis) is 1. The Morgan fingerprint density at radius 2 is 1.52 bits per heavy atom. The minimum Gasteiger partial charge on any atom is -0.445 e. The van der Waals surface area contributed by atoms with E-state index in [4.69, 9.17) is 4.74 Å². The topological polar surface area (TPSA) is 72.5 Å². The van der Waals surface area contributed by atoms with Gasteiger partial charge in [-0.25, -0.2) is 13.2 Å². The van der Waals surface area contributed by atoms with Crippen molar-refractivity contribution in [2.75, 3.05) is 5.88 Å². The quantitative estimate of drug-likeness (QED) is 0.920. The highest BCUT2D eigenvalue weighted by atomic mass is 32.2. The fourth-order valence-corrected chi connectivity index (χ4v) is 2.69. The van der Waals surface area contributed by atoms with Crippen molar-refractivity contribution in [1.82, 2.24) is 5.32 Å². The van der Waals surface area contributed by atoms with Crippen LogP contribution in [0.2, 0.25) is 0 Å². The molecule has 6 heteroatoms. The van der Waals surface area contributed by atoms with Gasteiger partial charge < -0.3 is 10.1 Å². The van der Waals surface area contributed by atoms with Crippen molar-refractivity contribution in [2.45, 2.75) is 11.5 Å². The number of benzene rings is 2. The summed E-state index contributed by atoms with van der Waals surface area (Å²) in [6, 6.07) is 17.1. The van der Waals surface area contributed by atoms with Gasteiger partial charge in [-0.3, -0.25) is 0 Å². The molecule has 2 aromatic rings. The Bertz CT molecular complexity index is 684. The van der Waals surface area contributed by atoms with Gasteiger partial charge in [0.25, 0.3) is 0 Å². The monoisotopic (exact) mass is 305 g/mol. The van der Waals surface area contributed by atoms with Crippen LogP contribution in [0.4, 0.5) is 4.79 Å². The zero-order chi connectivity index (χ0) is 15.1. The van der Waals surface area contributed by atoms with Gasteiger partial charge in [-0.1, -0.05) is 48.5 Å². The van der Waals surface area contributed by atoms with Gasteiger partial charge in [0.15, 0.2) is 9.84 Å². The molecule has 21 heavy (non-hydrogen) atoms. The van der Waals surface area contributed by atoms with Gasteiger partial charge in [0.2, 0.25) is 0 Å². The van der Waals surface area contributed by atoms with Crippen LogP contribution in [-0.2, 0) is 21.2 Å². The first-order valence-electron chi connectivity index (χ1n) is 6.30. The van der Waals surface area contributed by atoms with E-state index in [9.17, 15) is 13.2 Å². The highest BCUT2D eigenvalue weighted by Crippen LogP contribution is 2.08. The van der Waals surface area contributed by atoms with Gasteiger partial charge in [-0.15, -0.1) is 0 Å². The number of hydrogen-bond acceptors (Lipinski definition) is 4. The summed E-state index contributed by atoms with van der Waals surface area (Å²) in [5, 5.41) is 2.24. The summed E-state index contributed by atoms with van der Waals surface area (Å²) in [6.45, 7) is 0.0953. The summed E-state index contributed by atoms with van der Waals surface area (Å²) in [5.74, 6) is -0.495. The summed E-state index contributed by atoms with van der Waals surface area (Å²) < 4.78 is 28.8. The molecule has 0 aliphatic heterocycles. The zero-order valence-electron chi connectivity index (χ0n) is 11.2. The number of carbonyl (C=O) groups is 1. The van der Waals surface area contributed by atoms with Crippen LogP contribution in [0.1, 0.15) is 5.56 Å². The molecule has 1 amide bonds. The largest absolute Gasteiger partial charge is 0.445 e. The molecule has 0 aliphatic carbocycles. The third kappa shape index (κ3) is 4.61. The number of amides is 1. The molecule has 1 N–H and O–H groups in total. The average Bonchev–Trinajstić information content (AvgIpc) is 2.53. The van der Waals surface area contributed by atoms with Crippen molar-refractivity contribution in [2.24, 2.45) is 0 Å². The molecule has 0 bridgehead atoms. The lowest BCUT2D eigenvalue weighted by atomic mass is 10.2. The molecule has 0 fully saturated rings. The first-order valence-corrected chi connectivity index (χ1v) is 7.95. The van der Waals surface area contributed by atoms with Gasteiger partial charge in [-0.05, 0) is 17.7 Å². The predicted octanol–water partition coefficient (Wildman–Crippen LogP) is 2.34. The molecule has 0 radical (unpaired) electrons. The summed E-state index contributed by atoms with van der Waals surface area (Å²) in [6.07, 6.45) is -0.765. The Kier molecular flexibility index (Phi) is 4.94. The van der Waals surface area contributed by atoms with E-state index in [1.165, 1.54) is 12.1 Å². The Labute approximate surface area is 123 Å². The molecule has 0 saturated carbocycles. The van der Waals surface area contributed by atoms with Crippen LogP contribution in [0.3, 0.4) is 0 Å². The third-order valence-electron chi connectivity index (χ3n) is 2.72. The van der Waals surface area contributed by atoms with E-state index in [2.05, 4.69) is 5.32 Å². The molecule has 110 valence electrons. The summed E-state index contributed by atoms with van der Waals surface area (Å²) in [4.78, 5) is 11.7. The highest BCUT2D eigenvalue weighted by molar-refractivity contribution is 7.91. The van der Waals surface area contributed by atoms with Gasteiger partial charge in [0.05, 0.1) is 4.90 Å². The van der Waals surface area contributed by atoms with Crippen LogP contribution in [0.15, 0.2) is 65.6 Å². The summed E-state index contributed by atoms with van der Waals surface area (Å²) in [7, 11) is -3.55. The van der Waals surface area contributed by atoms with Crippen LogP contribution in [0.25, 0.3) is 0 Å². The summed E-state index contributed by atoms with van der Waals surface area (Å²) >= 11 is 0. The Morgan fingerprint density at radius 3 is 2.14 bits per heavy atom. The molecule has 0 spiro atoms. The number of sulfone groups is 1. The van der Waals surface area contributed by atoms with Crippen molar-refractivity contribution in [3.05, 3.63) is 66.2 Å². The van der Waals surface area contributed by atoms with Gasteiger partial charge in [0, 0.05) is 0 Å². The van der Waals surface area contributed by atoms with Crippen molar-refractivity contribution in [3.8, 4) is 0 Å². The van der Waals surface area contributed by atoms with E-state index in [1.807, 2.05) is 30.3 Å². The normalized spacial score (nSPS) is 10.9. The highest BCUT2D eigenvalue weighted by Gasteiger charge is 2.15. The Hall–Kier alpha value is -2.34. The first kappa shape index (κ1) is 15.1. The lowest BCUT2D eigenvalue weighted by Gasteiger charge is -2.08. The second kappa shape index (κ2) is 6.90. The van der Waals surface area contributed by atoms with Crippen molar-refractivity contribution >= 4 is 15.9 Å². The van der Waals surface area contributed by atoms with E-state index in [1.54, 1.807) is 18.2 Å². The standard InChI is InChI=1S/C15H15NO4S/c17-15(20-11-13-7-3-1-4-8-13)16-12-21(18,19)14-9-5-2-6-10-14/h1-10H,11-12H2,(H,16,17). The lowest BCUT2D eigenvalue weighted by Crippen LogP contribution is -2.30. The number of ether oxygens (including phenoxy) is 1. The Balaban J connectivity index is 1.84. The minimum atomic E-state index is -3.55. The first-order chi connectivity index (χ1) is 10.1. The SMILES string of the molecule is O=C(NCS(=O)(=O)c1ccccc1)OCc1ccccc1. The predicted molar refractivity (Wildman–Crippen MR) is 78.3 cm³/mol. The van der Waals surface area contributed by atoms with Gasteiger partial charge in [0.1, 0.15) is 12.5 Å². The third-order valence-corrected chi connectivity index (χ3v) is 4.24. The smallest absolute Gasteiger partial charge is 0.408 e. The number of nitrogens with one attached hydrogen (secondary N) is 1. The van der Waals surface area contributed by atoms with E-state index in [0.717, 1.165) is 5.56 Å². The maximum atomic E-state index is 11.9. The van der Waals surface area contributed by atoms with E-state index >= 15 is 0 Å². The second-order valence-corrected chi connectivity index (χ2v) is 6.30. The molecule has 0 saturated heterocycles. The molecular formula is C15H15NO4S. The molecular weight excluding hydrogens is 290 g/mol. The van der Waals surface area contributed by atoms with Gasteiger partial charge in [-0.2, -0.15) is 0 Å². The van der Waals surface area contributed by atoms with Crippen LogP contribution < -0.4 is 5.32 Å². The molecule has 0 heterocycles. The van der Waals surface area contributed by atoms with Crippen molar-refractivity contribution < 1.29 is 17.9 Å². The zero-order valence-corrected chi connectivity index (χ0v) is 12.0. The van der Waals surface area contributed by atoms with Crippen LogP contribution >= 0.6 is 0 Å². The molecule has 0 aliphatic rings. The van der Waals surface area contributed by atoms with E-state index in [-0.39, 0.29) is 11.5 Å². The molecule has 0 aromatic heterocycles. The fourth-order valence-electron chi connectivity index (χ4n) is 1.64. The number of carbonyl (C=O) groups excluding carboxylic acids is 1. The lowest BCUT2D eigenvalue weighted by molar-refractivity contribution is 0.141. The van der Waals surface area contributed by atoms with Crippen LogP contribution in [0, 0.1) is 0 Å². The molecule has 2 aromatic carbocycles. The van der Waals surface area contributed by atoms with E-state index < -0.39 is 21.8 Å². The number of rotatable bonds is 5. The van der Waals surface area contributed by atoms with Gasteiger partial charge >= 0.3 is 6.09 Å².